The number of rotatable bonds is 4. The van der Waals surface area contributed by atoms with Gasteiger partial charge in [0, 0.05) is 6.54 Å². The van der Waals surface area contributed by atoms with Crippen molar-refractivity contribution in [3.05, 3.63) is 35.6 Å². The lowest BCUT2D eigenvalue weighted by Gasteiger charge is -2.24. The molecule has 1 aromatic rings. The Labute approximate surface area is 121 Å². The molecule has 0 amide bonds. The highest BCUT2D eigenvalue weighted by molar-refractivity contribution is 5.18. The molecule has 0 spiro atoms. The van der Waals surface area contributed by atoms with Gasteiger partial charge in [0.2, 0.25) is 0 Å². The molecule has 0 aromatic heterocycles. The van der Waals surface area contributed by atoms with Crippen molar-refractivity contribution in [2.45, 2.75) is 45.6 Å². The van der Waals surface area contributed by atoms with E-state index < -0.39 is 6.10 Å². The van der Waals surface area contributed by atoms with Gasteiger partial charge in [-0.25, -0.2) is 4.39 Å². The molecule has 112 valence electrons. The van der Waals surface area contributed by atoms with Crippen molar-refractivity contribution in [3.8, 4) is 0 Å². The van der Waals surface area contributed by atoms with Gasteiger partial charge in [-0.1, -0.05) is 26.0 Å². The summed E-state index contributed by atoms with van der Waals surface area (Å²) in [4.78, 5) is 2.43. The van der Waals surface area contributed by atoms with Crippen LogP contribution in [0, 0.1) is 11.2 Å². The molecule has 0 saturated carbocycles. The average molecular weight is 279 g/mol. The fourth-order valence-electron chi connectivity index (χ4n) is 2.89. The van der Waals surface area contributed by atoms with Crippen LogP contribution in [-0.4, -0.2) is 29.6 Å². The number of aliphatic hydroxyl groups is 1. The van der Waals surface area contributed by atoms with E-state index in [-0.39, 0.29) is 5.82 Å². The zero-order valence-corrected chi connectivity index (χ0v) is 12.6. The van der Waals surface area contributed by atoms with Gasteiger partial charge in [0.25, 0.3) is 0 Å². The number of hydrogen-bond acceptors (Lipinski definition) is 2. The highest BCUT2D eigenvalue weighted by Gasteiger charge is 2.23. The smallest absolute Gasteiger partial charge is 0.123 e. The van der Waals surface area contributed by atoms with Gasteiger partial charge in [0.1, 0.15) is 5.82 Å². The summed E-state index contributed by atoms with van der Waals surface area (Å²) >= 11 is 0. The third kappa shape index (κ3) is 4.57. The molecule has 20 heavy (non-hydrogen) atoms. The number of likely N-dealkylation sites (tertiary alicyclic amines) is 1. The van der Waals surface area contributed by atoms with E-state index >= 15 is 0 Å². The van der Waals surface area contributed by atoms with Gasteiger partial charge in [-0.05, 0) is 61.9 Å². The second-order valence-electron chi connectivity index (χ2n) is 6.72. The molecule has 1 atom stereocenters. The lowest BCUT2D eigenvalue weighted by molar-refractivity contribution is 0.141. The van der Waals surface area contributed by atoms with E-state index in [4.69, 9.17) is 0 Å². The van der Waals surface area contributed by atoms with Crippen LogP contribution in [-0.2, 0) is 0 Å². The normalized spacial score (nSPS) is 21.4. The van der Waals surface area contributed by atoms with Gasteiger partial charge in [0.15, 0.2) is 0 Å². The molecule has 3 heteroatoms. The van der Waals surface area contributed by atoms with Crippen LogP contribution in [0.1, 0.15) is 51.2 Å². The Bertz CT molecular complexity index is 433. The number of hydrogen-bond donors (Lipinski definition) is 1. The zero-order valence-electron chi connectivity index (χ0n) is 12.6. The molecule has 1 fully saturated rings. The van der Waals surface area contributed by atoms with E-state index in [9.17, 15) is 9.50 Å². The van der Waals surface area contributed by atoms with Crippen molar-refractivity contribution in [3.63, 3.8) is 0 Å². The molecule has 1 heterocycles. The van der Waals surface area contributed by atoms with Gasteiger partial charge >= 0.3 is 0 Å². The minimum absolute atomic E-state index is 0.280. The molecule has 1 aliphatic heterocycles. The fourth-order valence-corrected chi connectivity index (χ4v) is 2.89. The minimum Gasteiger partial charge on any atom is -0.388 e. The molecule has 1 aliphatic rings. The third-order valence-corrected chi connectivity index (χ3v) is 4.38. The summed E-state index contributed by atoms with van der Waals surface area (Å²) in [5.74, 6) is -0.280. The Morgan fingerprint density at radius 3 is 2.85 bits per heavy atom. The van der Waals surface area contributed by atoms with Gasteiger partial charge in [-0.15, -0.1) is 0 Å². The second kappa shape index (κ2) is 6.68. The first-order valence-electron chi connectivity index (χ1n) is 7.62. The first-order valence-corrected chi connectivity index (χ1v) is 7.62. The Hall–Kier alpha value is -0.930. The van der Waals surface area contributed by atoms with Crippen LogP contribution in [0.15, 0.2) is 24.3 Å². The minimum atomic E-state index is -0.568. The predicted octanol–water partition coefficient (Wildman–Crippen LogP) is 3.76. The maximum Gasteiger partial charge on any atom is 0.123 e. The lowest BCUT2D eigenvalue weighted by Crippen LogP contribution is -2.27. The molecule has 1 aromatic carbocycles. The SMILES string of the molecule is CC1(C)CCCN(CCC(O)c2cccc(F)c2)CC1. The lowest BCUT2D eigenvalue weighted by atomic mass is 9.85. The first-order chi connectivity index (χ1) is 9.46. The molecular formula is C17H26FNO. The number of halogens is 1. The van der Waals surface area contributed by atoms with E-state index in [0.29, 0.717) is 17.4 Å². The molecule has 1 unspecified atom stereocenters. The van der Waals surface area contributed by atoms with Crippen LogP contribution in [0.2, 0.25) is 0 Å². The standard InChI is InChI=1S/C17H26FNO/c1-17(2)8-4-10-19(12-9-17)11-7-16(20)14-5-3-6-15(18)13-14/h3,5-6,13,16,20H,4,7-12H2,1-2H3. The van der Waals surface area contributed by atoms with Crippen molar-refractivity contribution in [2.24, 2.45) is 5.41 Å². The topological polar surface area (TPSA) is 23.5 Å². The maximum absolute atomic E-state index is 13.1. The monoisotopic (exact) mass is 279 g/mol. The molecule has 0 radical (unpaired) electrons. The third-order valence-electron chi connectivity index (χ3n) is 4.38. The summed E-state index contributed by atoms with van der Waals surface area (Å²) in [5.41, 5.74) is 1.12. The molecule has 0 aliphatic carbocycles. The first kappa shape index (κ1) is 15.5. The predicted molar refractivity (Wildman–Crippen MR) is 80.0 cm³/mol. The highest BCUT2D eigenvalue weighted by Crippen LogP contribution is 2.30. The summed E-state index contributed by atoms with van der Waals surface area (Å²) in [7, 11) is 0. The summed E-state index contributed by atoms with van der Waals surface area (Å²) < 4.78 is 13.1. The summed E-state index contributed by atoms with van der Waals surface area (Å²) in [6, 6.07) is 6.28. The van der Waals surface area contributed by atoms with Crippen molar-refractivity contribution in [1.82, 2.24) is 4.90 Å². The van der Waals surface area contributed by atoms with Gasteiger partial charge in [-0.3, -0.25) is 0 Å². The van der Waals surface area contributed by atoms with Crippen LogP contribution in [0.5, 0.6) is 0 Å². The molecule has 1 N–H and O–H groups in total. The molecular weight excluding hydrogens is 253 g/mol. The average Bonchev–Trinajstić information content (AvgIpc) is 2.57. The largest absolute Gasteiger partial charge is 0.388 e. The number of benzene rings is 1. The van der Waals surface area contributed by atoms with Gasteiger partial charge in [-0.2, -0.15) is 0 Å². The quantitative estimate of drug-likeness (QED) is 0.907. The van der Waals surface area contributed by atoms with Crippen molar-refractivity contribution >= 4 is 0 Å². The van der Waals surface area contributed by atoms with E-state index in [1.807, 2.05) is 0 Å². The van der Waals surface area contributed by atoms with E-state index in [2.05, 4.69) is 18.7 Å². The zero-order chi connectivity index (χ0) is 14.6. The molecule has 2 nitrogen and oxygen atoms in total. The molecule has 2 rings (SSSR count). The fraction of sp³-hybridized carbons (Fsp3) is 0.647. The van der Waals surface area contributed by atoms with Crippen molar-refractivity contribution in [2.75, 3.05) is 19.6 Å². The van der Waals surface area contributed by atoms with Gasteiger partial charge < -0.3 is 10.0 Å². The Morgan fingerprint density at radius 2 is 2.10 bits per heavy atom. The van der Waals surface area contributed by atoms with Crippen molar-refractivity contribution < 1.29 is 9.50 Å². The van der Waals surface area contributed by atoms with E-state index in [1.54, 1.807) is 12.1 Å². The summed E-state index contributed by atoms with van der Waals surface area (Å²) in [6.45, 7) is 7.76. The van der Waals surface area contributed by atoms with Crippen LogP contribution in [0.4, 0.5) is 4.39 Å². The van der Waals surface area contributed by atoms with Crippen LogP contribution in [0.3, 0.4) is 0 Å². The van der Waals surface area contributed by atoms with E-state index in [0.717, 1.165) is 19.6 Å². The van der Waals surface area contributed by atoms with Crippen LogP contribution >= 0.6 is 0 Å². The van der Waals surface area contributed by atoms with Crippen LogP contribution in [0.25, 0.3) is 0 Å². The molecule has 1 saturated heterocycles. The summed E-state index contributed by atoms with van der Waals surface area (Å²) in [6.07, 6.45) is 3.81. The van der Waals surface area contributed by atoms with E-state index in [1.165, 1.54) is 31.4 Å². The Kier molecular flexibility index (Phi) is 5.17. The summed E-state index contributed by atoms with van der Waals surface area (Å²) in [5, 5.41) is 10.2. The van der Waals surface area contributed by atoms with Crippen molar-refractivity contribution in [1.29, 1.82) is 0 Å². The maximum atomic E-state index is 13.1. The second-order valence-corrected chi connectivity index (χ2v) is 6.72. The molecule has 0 bridgehead atoms. The number of nitrogens with zero attached hydrogens (tertiary/aromatic N) is 1. The van der Waals surface area contributed by atoms with Gasteiger partial charge in [0.05, 0.1) is 6.10 Å². The Morgan fingerprint density at radius 1 is 1.30 bits per heavy atom. The highest BCUT2D eigenvalue weighted by atomic mass is 19.1. The Balaban J connectivity index is 1.83. The number of aliphatic hydroxyl groups excluding tert-OH is 1. The van der Waals surface area contributed by atoms with Crippen LogP contribution < -0.4 is 0 Å².